The number of rotatable bonds is 6. The number of nitriles is 1. The molecule has 1 saturated carbocycles. The lowest BCUT2D eigenvalue weighted by Crippen LogP contribution is -2.27. The van der Waals surface area contributed by atoms with Crippen LogP contribution in [0.4, 0.5) is 0 Å². The number of fused-ring (bicyclic) bond motifs is 1. The smallest absolute Gasteiger partial charge is 0.240 e. The van der Waals surface area contributed by atoms with Gasteiger partial charge in [-0.1, -0.05) is 0 Å². The zero-order valence-electron chi connectivity index (χ0n) is 11.7. The molecule has 6 heteroatoms. The lowest BCUT2D eigenvalue weighted by Gasteiger charge is -2.03. The summed E-state index contributed by atoms with van der Waals surface area (Å²) < 4.78 is 1.84. The molecule has 0 aliphatic heterocycles. The Bertz CT molecular complexity index is 696. The number of carbonyl (C=O) groups is 1. The Balaban J connectivity index is 1.80. The maximum Gasteiger partial charge on any atom is 0.240 e. The van der Waals surface area contributed by atoms with E-state index in [2.05, 4.69) is 15.6 Å². The molecule has 21 heavy (non-hydrogen) atoms. The van der Waals surface area contributed by atoms with Crippen molar-refractivity contribution in [1.82, 2.24) is 20.2 Å². The molecule has 0 saturated heterocycles. The van der Waals surface area contributed by atoms with Crippen molar-refractivity contribution in [2.45, 2.75) is 32.0 Å². The minimum atomic E-state index is -0.180. The number of pyridine rings is 1. The molecular formula is C15H17N5O. The average molecular weight is 283 g/mol. The van der Waals surface area contributed by atoms with Crippen molar-refractivity contribution >= 4 is 16.9 Å². The Morgan fingerprint density at radius 1 is 1.52 bits per heavy atom. The largest absolute Gasteiger partial charge is 0.341 e. The lowest BCUT2D eigenvalue weighted by atomic mass is 10.2. The van der Waals surface area contributed by atoms with Gasteiger partial charge in [0.05, 0.1) is 6.07 Å². The van der Waals surface area contributed by atoms with Crippen LogP contribution in [0.5, 0.6) is 0 Å². The van der Waals surface area contributed by atoms with Crippen molar-refractivity contribution in [2.24, 2.45) is 0 Å². The number of nitrogens with zero attached hydrogens (tertiary/aromatic N) is 3. The molecule has 108 valence electrons. The molecule has 1 aliphatic carbocycles. The third-order valence-corrected chi connectivity index (χ3v) is 3.55. The minimum Gasteiger partial charge on any atom is -0.341 e. The zero-order valence-corrected chi connectivity index (χ0v) is 11.7. The first-order valence-corrected chi connectivity index (χ1v) is 7.07. The van der Waals surface area contributed by atoms with Crippen molar-refractivity contribution in [3.05, 3.63) is 30.1 Å². The molecule has 6 nitrogen and oxygen atoms in total. The summed E-state index contributed by atoms with van der Waals surface area (Å²) in [5.74, 6) is -0.180. The second kappa shape index (κ2) is 5.94. The fourth-order valence-electron chi connectivity index (χ4n) is 2.35. The highest BCUT2D eigenvalue weighted by Crippen LogP contribution is 2.23. The Labute approximate surface area is 122 Å². The van der Waals surface area contributed by atoms with Gasteiger partial charge in [-0.25, -0.2) is 4.98 Å². The minimum absolute atomic E-state index is 0.0293. The number of hydrogen-bond donors (Lipinski definition) is 2. The number of aromatic nitrogens is 2. The maximum atomic E-state index is 11.8. The summed E-state index contributed by atoms with van der Waals surface area (Å²) in [7, 11) is 0. The fraction of sp³-hybridized carbons (Fsp3) is 0.400. The van der Waals surface area contributed by atoms with Gasteiger partial charge in [0.25, 0.3) is 0 Å². The van der Waals surface area contributed by atoms with Crippen molar-refractivity contribution in [2.75, 3.05) is 6.54 Å². The van der Waals surface area contributed by atoms with E-state index in [9.17, 15) is 4.79 Å². The predicted molar refractivity (Wildman–Crippen MR) is 78.2 cm³/mol. The first-order valence-electron chi connectivity index (χ1n) is 7.07. The topological polar surface area (TPSA) is 82.7 Å². The van der Waals surface area contributed by atoms with Gasteiger partial charge in [0.2, 0.25) is 5.91 Å². The lowest BCUT2D eigenvalue weighted by molar-refractivity contribution is -0.121. The Morgan fingerprint density at radius 3 is 3.14 bits per heavy atom. The summed E-state index contributed by atoms with van der Waals surface area (Å²) in [6.07, 6.45) is 6.18. The number of nitrogens with one attached hydrogen (secondary N) is 2. The molecule has 0 atom stereocenters. The predicted octanol–water partition coefficient (Wildman–Crippen LogP) is 0.928. The van der Waals surface area contributed by atoms with Gasteiger partial charge in [0.1, 0.15) is 18.7 Å². The molecule has 1 fully saturated rings. The Kier molecular flexibility index (Phi) is 3.84. The molecule has 0 aromatic carbocycles. The molecule has 1 amide bonds. The highest BCUT2D eigenvalue weighted by Gasteiger charge is 2.21. The summed E-state index contributed by atoms with van der Waals surface area (Å²) in [4.78, 5) is 16.1. The van der Waals surface area contributed by atoms with Crippen LogP contribution in [0.1, 0.15) is 18.4 Å². The quantitative estimate of drug-likeness (QED) is 0.773. The van der Waals surface area contributed by atoms with Gasteiger partial charge >= 0.3 is 0 Å². The van der Waals surface area contributed by atoms with Gasteiger partial charge in [-0.15, -0.1) is 0 Å². The van der Waals surface area contributed by atoms with Crippen LogP contribution in [0.25, 0.3) is 11.0 Å². The molecule has 0 radical (unpaired) electrons. The summed E-state index contributed by atoms with van der Waals surface area (Å²) in [5.41, 5.74) is 1.95. The van der Waals surface area contributed by atoms with E-state index < -0.39 is 0 Å². The van der Waals surface area contributed by atoms with Gasteiger partial charge in [-0.05, 0) is 30.5 Å². The van der Waals surface area contributed by atoms with E-state index in [1.807, 2.05) is 29.0 Å². The first kappa shape index (κ1) is 13.6. The molecule has 0 unspecified atom stereocenters. The highest BCUT2D eigenvalue weighted by molar-refractivity contribution is 5.83. The van der Waals surface area contributed by atoms with E-state index in [0.29, 0.717) is 6.04 Å². The van der Waals surface area contributed by atoms with Crippen molar-refractivity contribution in [3.63, 3.8) is 0 Å². The summed E-state index contributed by atoms with van der Waals surface area (Å²) in [6.45, 7) is 1.000. The summed E-state index contributed by atoms with van der Waals surface area (Å²) in [5, 5.41) is 15.6. The van der Waals surface area contributed by atoms with E-state index in [-0.39, 0.29) is 19.0 Å². The molecule has 0 spiro atoms. The van der Waals surface area contributed by atoms with Crippen LogP contribution < -0.4 is 10.6 Å². The van der Waals surface area contributed by atoms with Gasteiger partial charge in [0.15, 0.2) is 0 Å². The number of carbonyl (C=O) groups excluding carboxylic acids is 1. The Hall–Kier alpha value is -2.39. The molecule has 1 aliphatic rings. The van der Waals surface area contributed by atoms with Crippen LogP contribution in [0.15, 0.2) is 24.5 Å². The van der Waals surface area contributed by atoms with Crippen LogP contribution in [-0.2, 0) is 17.9 Å². The average Bonchev–Trinajstić information content (AvgIpc) is 3.27. The Morgan fingerprint density at radius 2 is 2.38 bits per heavy atom. The van der Waals surface area contributed by atoms with Gasteiger partial charge in [0, 0.05) is 30.4 Å². The molecule has 3 rings (SSSR count). The normalized spacial score (nSPS) is 14.0. The maximum absolute atomic E-state index is 11.8. The van der Waals surface area contributed by atoms with Crippen LogP contribution in [-0.4, -0.2) is 28.0 Å². The van der Waals surface area contributed by atoms with Gasteiger partial charge in [-0.3, -0.25) is 4.79 Å². The van der Waals surface area contributed by atoms with E-state index in [1.165, 1.54) is 12.8 Å². The highest BCUT2D eigenvalue weighted by atomic mass is 16.1. The van der Waals surface area contributed by atoms with Gasteiger partial charge in [-0.2, -0.15) is 5.26 Å². The standard InChI is InChI=1S/C15H17N5O/c16-5-7-17-14(21)10-20-9-11(8-19-12-3-4-12)13-2-1-6-18-15(13)20/h1-2,6,9,12,19H,3-4,7-8,10H2,(H,17,21). The zero-order chi connectivity index (χ0) is 14.7. The van der Waals surface area contributed by atoms with E-state index in [0.717, 1.165) is 23.1 Å². The SMILES string of the molecule is N#CCNC(=O)Cn1cc(CNC2CC2)c2cccnc21. The first-order chi connectivity index (χ1) is 10.3. The van der Waals surface area contributed by atoms with Gasteiger partial charge < -0.3 is 15.2 Å². The molecule has 2 N–H and O–H groups in total. The fourth-order valence-corrected chi connectivity index (χ4v) is 2.35. The molecule has 0 bridgehead atoms. The molecule has 2 aromatic heterocycles. The third-order valence-electron chi connectivity index (χ3n) is 3.55. The van der Waals surface area contributed by atoms with Crippen LogP contribution >= 0.6 is 0 Å². The number of hydrogen-bond acceptors (Lipinski definition) is 4. The summed E-state index contributed by atoms with van der Waals surface area (Å²) >= 11 is 0. The van der Waals surface area contributed by atoms with E-state index >= 15 is 0 Å². The number of amides is 1. The molecule has 2 aromatic rings. The summed E-state index contributed by atoms with van der Waals surface area (Å²) in [6, 6.07) is 6.47. The van der Waals surface area contributed by atoms with Crippen molar-refractivity contribution in [3.8, 4) is 6.07 Å². The van der Waals surface area contributed by atoms with E-state index in [4.69, 9.17) is 5.26 Å². The third kappa shape index (κ3) is 3.20. The molecular weight excluding hydrogens is 266 g/mol. The molecule has 2 heterocycles. The van der Waals surface area contributed by atoms with E-state index in [1.54, 1.807) is 6.20 Å². The van der Waals surface area contributed by atoms with Crippen molar-refractivity contribution < 1.29 is 4.79 Å². The van der Waals surface area contributed by atoms with Crippen LogP contribution in [0.2, 0.25) is 0 Å². The monoisotopic (exact) mass is 283 g/mol. The second-order valence-corrected chi connectivity index (χ2v) is 5.25. The van der Waals surface area contributed by atoms with Crippen LogP contribution in [0, 0.1) is 11.3 Å². The van der Waals surface area contributed by atoms with Crippen LogP contribution in [0.3, 0.4) is 0 Å². The second-order valence-electron chi connectivity index (χ2n) is 5.25. The van der Waals surface area contributed by atoms with Crippen molar-refractivity contribution in [1.29, 1.82) is 5.26 Å².